The Morgan fingerprint density at radius 2 is 1.84 bits per heavy atom. The molecule has 0 spiro atoms. The van der Waals surface area contributed by atoms with Crippen LogP contribution >= 0.6 is 0 Å². The van der Waals surface area contributed by atoms with Crippen LogP contribution in [0, 0.1) is 0 Å². The minimum absolute atomic E-state index is 0.126. The van der Waals surface area contributed by atoms with Crippen molar-refractivity contribution in [2.24, 2.45) is 0 Å². The van der Waals surface area contributed by atoms with Crippen molar-refractivity contribution in [2.75, 3.05) is 26.7 Å². The van der Waals surface area contributed by atoms with Crippen LogP contribution in [0.2, 0.25) is 0 Å². The summed E-state index contributed by atoms with van der Waals surface area (Å²) in [7, 11) is 1.91. The fraction of sp³-hybridized carbons (Fsp3) is 0.312. The second-order valence-corrected chi connectivity index (χ2v) is 4.76. The average Bonchev–Trinajstić information content (AvgIpc) is 2.44. The molecule has 0 saturated heterocycles. The molecule has 2 aromatic rings. The zero-order valence-electron chi connectivity index (χ0n) is 11.2. The van der Waals surface area contributed by atoms with E-state index in [0.717, 1.165) is 16.3 Å². The number of fused-ring (bicyclic) bond motifs is 1. The summed E-state index contributed by atoms with van der Waals surface area (Å²) in [5.74, 6) is 0.149. The largest absolute Gasteiger partial charge is 0.395 e. The van der Waals surface area contributed by atoms with E-state index in [1.165, 1.54) is 0 Å². The highest BCUT2D eigenvalue weighted by Gasteiger charge is 2.08. The van der Waals surface area contributed by atoms with E-state index in [9.17, 15) is 4.79 Å². The summed E-state index contributed by atoms with van der Waals surface area (Å²) in [6, 6.07) is 13.8. The van der Waals surface area contributed by atoms with E-state index in [0.29, 0.717) is 19.5 Å². The molecule has 0 heterocycles. The Kier molecular flexibility index (Phi) is 4.66. The van der Waals surface area contributed by atoms with Crippen LogP contribution in [0.4, 0.5) is 0 Å². The number of hydrogen-bond acceptors (Lipinski definition) is 3. The Morgan fingerprint density at radius 1 is 1.11 bits per heavy atom. The molecular weight excluding hydrogens is 238 g/mol. The SMILES string of the molecule is CN(CCO)CCC(=O)c1ccc2ccccc2c1. The highest BCUT2D eigenvalue weighted by atomic mass is 16.3. The third-order valence-corrected chi connectivity index (χ3v) is 3.27. The first-order chi connectivity index (χ1) is 9.20. The number of carbonyl (C=O) groups excluding carboxylic acids is 1. The molecule has 0 aromatic heterocycles. The molecule has 2 aromatic carbocycles. The van der Waals surface area contributed by atoms with Crippen molar-refractivity contribution in [3.8, 4) is 0 Å². The minimum Gasteiger partial charge on any atom is -0.395 e. The third kappa shape index (κ3) is 3.63. The van der Waals surface area contributed by atoms with Gasteiger partial charge in [0.05, 0.1) is 6.61 Å². The quantitative estimate of drug-likeness (QED) is 0.807. The first-order valence-corrected chi connectivity index (χ1v) is 6.52. The van der Waals surface area contributed by atoms with Crippen molar-refractivity contribution in [3.05, 3.63) is 48.0 Å². The van der Waals surface area contributed by atoms with E-state index in [1.54, 1.807) is 0 Å². The number of rotatable bonds is 6. The molecule has 0 aliphatic heterocycles. The Balaban J connectivity index is 2.05. The van der Waals surface area contributed by atoms with Gasteiger partial charge >= 0.3 is 0 Å². The van der Waals surface area contributed by atoms with Crippen LogP contribution in [0.5, 0.6) is 0 Å². The molecule has 2 rings (SSSR count). The number of benzene rings is 2. The van der Waals surface area contributed by atoms with Gasteiger partial charge in [-0.1, -0.05) is 36.4 Å². The van der Waals surface area contributed by atoms with Gasteiger partial charge in [0.2, 0.25) is 0 Å². The summed E-state index contributed by atoms with van der Waals surface area (Å²) in [5.41, 5.74) is 0.760. The Labute approximate surface area is 113 Å². The molecule has 0 atom stereocenters. The average molecular weight is 257 g/mol. The molecule has 3 nitrogen and oxygen atoms in total. The molecule has 0 amide bonds. The number of ketones is 1. The molecule has 0 unspecified atom stereocenters. The van der Waals surface area contributed by atoms with Gasteiger partial charge in [-0.25, -0.2) is 0 Å². The maximum absolute atomic E-state index is 12.1. The van der Waals surface area contributed by atoms with Gasteiger partial charge in [-0.3, -0.25) is 4.79 Å². The van der Waals surface area contributed by atoms with E-state index >= 15 is 0 Å². The number of carbonyl (C=O) groups is 1. The monoisotopic (exact) mass is 257 g/mol. The lowest BCUT2D eigenvalue weighted by Gasteiger charge is -2.14. The molecule has 3 heteroatoms. The van der Waals surface area contributed by atoms with E-state index in [1.807, 2.05) is 54.4 Å². The van der Waals surface area contributed by atoms with Crippen LogP contribution in [0.3, 0.4) is 0 Å². The van der Waals surface area contributed by atoms with Crippen molar-refractivity contribution in [2.45, 2.75) is 6.42 Å². The van der Waals surface area contributed by atoms with Crippen molar-refractivity contribution in [1.82, 2.24) is 4.90 Å². The molecule has 0 fully saturated rings. The molecule has 0 radical (unpaired) electrons. The number of likely N-dealkylation sites (N-methyl/N-ethyl adjacent to an activating group) is 1. The van der Waals surface area contributed by atoms with Crippen LogP contribution in [0.25, 0.3) is 10.8 Å². The molecule has 100 valence electrons. The normalized spacial score (nSPS) is 11.1. The Morgan fingerprint density at radius 3 is 2.58 bits per heavy atom. The van der Waals surface area contributed by atoms with Gasteiger partial charge in [-0.05, 0) is 23.9 Å². The van der Waals surface area contributed by atoms with Crippen molar-refractivity contribution >= 4 is 16.6 Å². The van der Waals surface area contributed by atoms with E-state index < -0.39 is 0 Å². The van der Waals surface area contributed by atoms with Crippen LogP contribution in [0.15, 0.2) is 42.5 Å². The smallest absolute Gasteiger partial charge is 0.164 e. The lowest BCUT2D eigenvalue weighted by molar-refractivity contribution is 0.0965. The van der Waals surface area contributed by atoms with Gasteiger partial charge in [-0.2, -0.15) is 0 Å². The molecular formula is C16H19NO2. The number of hydrogen-bond donors (Lipinski definition) is 1. The standard InChI is InChI=1S/C16H19NO2/c1-17(10-11-18)9-8-16(19)15-7-6-13-4-2-3-5-14(13)12-15/h2-7,12,18H,8-11H2,1H3. The zero-order chi connectivity index (χ0) is 13.7. The summed E-state index contributed by atoms with van der Waals surface area (Å²) >= 11 is 0. The van der Waals surface area contributed by atoms with Crippen LogP contribution < -0.4 is 0 Å². The number of aliphatic hydroxyl groups excluding tert-OH is 1. The second-order valence-electron chi connectivity index (χ2n) is 4.76. The Hall–Kier alpha value is -1.71. The fourth-order valence-electron chi connectivity index (χ4n) is 2.08. The maximum Gasteiger partial charge on any atom is 0.164 e. The van der Waals surface area contributed by atoms with Gasteiger partial charge in [0.25, 0.3) is 0 Å². The number of nitrogens with zero attached hydrogens (tertiary/aromatic N) is 1. The first-order valence-electron chi connectivity index (χ1n) is 6.52. The third-order valence-electron chi connectivity index (χ3n) is 3.27. The highest BCUT2D eigenvalue weighted by molar-refractivity contribution is 6.00. The predicted octanol–water partition coefficient (Wildman–Crippen LogP) is 2.34. The van der Waals surface area contributed by atoms with E-state index in [2.05, 4.69) is 0 Å². The van der Waals surface area contributed by atoms with Gasteiger partial charge in [0, 0.05) is 25.1 Å². The number of Topliss-reactive ketones (excluding diaryl/α,β-unsaturated/α-hetero) is 1. The Bertz CT molecular complexity index is 565. The van der Waals surface area contributed by atoms with Gasteiger partial charge in [0.15, 0.2) is 5.78 Å². The van der Waals surface area contributed by atoms with Crippen molar-refractivity contribution in [1.29, 1.82) is 0 Å². The summed E-state index contributed by atoms with van der Waals surface area (Å²) in [4.78, 5) is 14.1. The molecule has 0 bridgehead atoms. The van der Waals surface area contributed by atoms with Gasteiger partial charge < -0.3 is 10.0 Å². The maximum atomic E-state index is 12.1. The summed E-state index contributed by atoms with van der Waals surface area (Å²) in [6.07, 6.45) is 0.481. The zero-order valence-corrected chi connectivity index (χ0v) is 11.2. The highest BCUT2D eigenvalue weighted by Crippen LogP contribution is 2.16. The molecule has 0 aliphatic carbocycles. The molecule has 0 aliphatic rings. The van der Waals surface area contributed by atoms with Crippen molar-refractivity contribution in [3.63, 3.8) is 0 Å². The van der Waals surface area contributed by atoms with E-state index in [-0.39, 0.29) is 12.4 Å². The minimum atomic E-state index is 0.126. The first kappa shape index (κ1) is 13.7. The summed E-state index contributed by atoms with van der Waals surface area (Å²) in [5, 5.41) is 11.1. The van der Waals surface area contributed by atoms with Gasteiger partial charge in [-0.15, -0.1) is 0 Å². The molecule has 0 saturated carbocycles. The fourth-order valence-corrected chi connectivity index (χ4v) is 2.08. The topological polar surface area (TPSA) is 40.5 Å². The van der Waals surface area contributed by atoms with Crippen molar-refractivity contribution < 1.29 is 9.90 Å². The lowest BCUT2D eigenvalue weighted by atomic mass is 10.0. The van der Waals surface area contributed by atoms with Gasteiger partial charge in [0.1, 0.15) is 0 Å². The van der Waals surface area contributed by atoms with Crippen LogP contribution in [-0.4, -0.2) is 42.5 Å². The molecule has 1 N–H and O–H groups in total. The summed E-state index contributed by atoms with van der Waals surface area (Å²) in [6.45, 7) is 1.40. The summed E-state index contributed by atoms with van der Waals surface area (Å²) < 4.78 is 0. The lowest BCUT2D eigenvalue weighted by Crippen LogP contribution is -2.24. The molecule has 19 heavy (non-hydrogen) atoms. The second kappa shape index (κ2) is 6.45. The van der Waals surface area contributed by atoms with E-state index in [4.69, 9.17) is 5.11 Å². The van der Waals surface area contributed by atoms with Crippen LogP contribution in [0.1, 0.15) is 16.8 Å². The number of aliphatic hydroxyl groups is 1. The van der Waals surface area contributed by atoms with Crippen LogP contribution in [-0.2, 0) is 0 Å². The predicted molar refractivity (Wildman–Crippen MR) is 77.5 cm³/mol.